The third-order valence-corrected chi connectivity index (χ3v) is 8.03. The van der Waals surface area contributed by atoms with Crippen molar-refractivity contribution in [2.45, 2.75) is 64.4 Å². The number of rotatable bonds is 0. The lowest BCUT2D eigenvalue weighted by atomic mass is 9.48. The van der Waals surface area contributed by atoms with Crippen LogP contribution in [0.5, 0.6) is 0 Å². The molecule has 0 spiro atoms. The first-order valence-corrected chi connectivity index (χ1v) is 9.33. The molecule has 0 amide bonds. The van der Waals surface area contributed by atoms with Gasteiger partial charge >= 0.3 is 0 Å². The Labute approximate surface area is 139 Å². The minimum Gasteiger partial charge on any atom is -0.377 e. The van der Waals surface area contributed by atoms with E-state index < -0.39 is 5.60 Å². The largest absolute Gasteiger partial charge is 0.377 e. The normalized spacial score (nSPS) is 52.0. The Hall–Kier alpha value is -1.07. The maximum atomic E-state index is 11.8. The van der Waals surface area contributed by atoms with E-state index in [9.17, 15) is 9.90 Å². The zero-order valence-corrected chi connectivity index (χ0v) is 14.3. The van der Waals surface area contributed by atoms with Crippen LogP contribution in [-0.4, -0.2) is 16.5 Å². The second kappa shape index (κ2) is 4.96. The number of carbonyl (C=O) groups is 1. The van der Waals surface area contributed by atoms with E-state index in [4.69, 9.17) is 6.42 Å². The van der Waals surface area contributed by atoms with Crippen LogP contribution in [0.25, 0.3) is 0 Å². The van der Waals surface area contributed by atoms with Crippen molar-refractivity contribution in [2.24, 2.45) is 35.0 Å². The Morgan fingerprint density at radius 3 is 2.83 bits per heavy atom. The van der Waals surface area contributed by atoms with Crippen molar-refractivity contribution in [3.8, 4) is 12.3 Å². The Kier molecular flexibility index (Phi) is 3.34. The molecule has 0 bridgehead atoms. The second-order valence-corrected chi connectivity index (χ2v) is 8.86. The highest BCUT2D eigenvalue weighted by atomic mass is 16.3. The van der Waals surface area contributed by atoms with Gasteiger partial charge in [0, 0.05) is 11.8 Å². The number of ketones is 1. The van der Waals surface area contributed by atoms with Crippen LogP contribution >= 0.6 is 0 Å². The molecule has 4 aliphatic rings. The Morgan fingerprint density at radius 2 is 2.09 bits per heavy atom. The van der Waals surface area contributed by atoms with Gasteiger partial charge in [-0.05, 0) is 74.2 Å². The van der Waals surface area contributed by atoms with Gasteiger partial charge in [-0.25, -0.2) is 0 Å². The van der Waals surface area contributed by atoms with Crippen molar-refractivity contribution in [2.75, 3.05) is 0 Å². The lowest BCUT2D eigenvalue weighted by Gasteiger charge is -2.56. The first-order chi connectivity index (χ1) is 10.9. The van der Waals surface area contributed by atoms with Crippen molar-refractivity contribution < 1.29 is 9.90 Å². The van der Waals surface area contributed by atoms with E-state index in [0.29, 0.717) is 35.4 Å². The third-order valence-electron chi connectivity index (χ3n) is 8.03. The second-order valence-electron chi connectivity index (χ2n) is 8.86. The van der Waals surface area contributed by atoms with Crippen LogP contribution in [0.15, 0.2) is 11.6 Å². The Morgan fingerprint density at radius 1 is 1.30 bits per heavy atom. The highest BCUT2D eigenvalue weighted by Crippen LogP contribution is 2.65. The molecular weight excluding hydrogens is 284 g/mol. The molecule has 4 rings (SSSR count). The summed E-state index contributed by atoms with van der Waals surface area (Å²) >= 11 is 0. The number of terminal acetylenes is 1. The molecular formula is C21H28O2. The van der Waals surface area contributed by atoms with Gasteiger partial charge in [-0.3, -0.25) is 4.79 Å². The molecule has 0 radical (unpaired) electrons. The monoisotopic (exact) mass is 312 g/mol. The lowest BCUT2D eigenvalue weighted by Crippen LogP contribution is -2.53. The van der Waals surface area contributed by atoms with E-state index in [1.54, 1.807) is 0 Å². The first kappa shape index (κ1) is 15.5. The summed E-state index contributed by atoms with van der Waals surface area (Å²) < 4.78 is 0. The number of allylic oxidation sites excluding steroid dienone is 1. The maximum Gasteiger partial charge on any atom is 0.155 e. The van der Waals surface area contributed by atoms with Crippen LogP contribution in [-0.2, 0) is 4.79 Å². The first-order valence-electron chi connectivity index (χ1n) is 9.33. The summed E-state index contributed by atoms with van der Waals surface area (Å²) in [6.07, 6.45) is 14.5. The molecule has 4 aliphatic carbocycles. The minimum atomic E-state index is -0.916. The van der Waals surface area contributed by atoms with Gasteiger partial charge in [-0.15, -0.1) is 6.42 Å². The van der Waals surface area contributed by atoms with E-state index in [2.05, 4.69) is 19.8 Å². The molecule has 0 aromatic rings. The van der Waals surface area contributed by atoms with Crippen LogP contribution in [0, 0.1) is 47.3 Å². The molecule has 124 valence electrons. The molecule has 3 fully saturated rings. The summed E-state index contributed by atoms with van der Waals surface area (Å²) in [5, 5.41) is 11.0. The van der Waals surface area contributed by atoms with Gasteiger partial charge in [0.25, 0.3) is 0 Å². The fourth-order valence-electron chi connectivity index (χ4n) is 6.84. The number of fused-ring (bicyclic) bond motifs is 5. The summed E-state index contributed by atoms with van der Waals surface area (Å²) in [7, 11) is 0. The number of hydrogen-bond acceptors (Lipinski definition) is 2. The third kappa shape index (κ3) is 1.96. The van der Waals surface area contributed by atoms with Crippen molar-refractivity contribution in [3.05, 3.63) is 11.6 Å². The van der Waals surface area contributed by atoms with E-state index in [-0.39, 0.29) is 5.41 Å². The quantitative estimate of drug-likeness (QED) is 0.692. The van der Waals surface area contributed by atoms with E-state index in [0.717, 1.165) is 44.9 Å². The van der Waals surface area contributed by atoms with E-state index >= 15 is 0 Å². The standard InChI is InChI=1S/C21H28O2/c1-4-21(23)10-8-18-19-13(2)11-14-12-15(22)5-6-16(14)17(19)7-9-20(18,21)3/h1,12-13,16-19,23H,5-11H2,2-3H3/t13-,16?,17-,18+,19-,20+,21-/m1/s1. The van der Waals surface area contributed by atoms with Gasteiger partial charge in [0.2, 0.25) is 0 Å². The summed E-state index contributed by atoms with van der Waals surface area (Å²) in [6.45, 7) is 4.59. The van der Waals surface area contributed by atoms with Gasteiger partial charge in [-0.2, -0.15) is 0 Å². The smallest absolute Gasteiger partial charge is 0.155 e. The number of carbonyl (C=O) groups excluding carboxylic acids is 1. The van der Waals surface area contributed by atoms with Crippen LogP contribution in [0.2, 0.25) is 0 Å². The van der Waals surface area contributed by atoms with Gasteiger partial charge in [-0.1, -0.05) is 25.3 Å². The summed E-state index contributed by atoms with van der Waals surface area (Å²) in [5.74, 6) is 6.17. The zero-order chi connectivity index (χ0) is 16.4. The number of aliphatic hydroxyl groups is 1. The molecule has 0 aliphatic heterocycles. The van der Waals surface area contributed by atoms with Crippen molar-refractivity contribution in [3.63, 3.8) is 0 Å². The minimum absolute atomic E-state index is 0.122. The molecule has 23 heavy (non-hydrogen) atoms. The van der Waals surface area contributed by atoms with Gasteiger partial charge in [0.15, 0.2) is 5.78 Å². The lowest BCUT2D eigenvalue weighted by molar-refractivity contribution is -0.117. The van der Waals surface area contributed by atoms with Crippen LogP contribution < -0.4 is 0 Å². The van der Waals surface area contributed by atoms with Crippen molar-refractivity contribution >= 4 is 5.78 Å². The molecule has 0 heterocycles. The predicted octanol–water partition coefficient (Wildman–Crippen LogP) is 3.74. The van der Waals surface area contributed by atoms with Crippen LogP contribution in [0.1, 0.15) is 58.8 Å². The van der Waals surface area contributed by atoms with Gasteiger partial charge in [0.05, 0.1) is 0 Å². The van der Waals surface area contributed by atoms with E-state index in [1.165, 1.54) is 5.57 Å². The van der Waals surface area contributed by atoms with Crippen molar-refractivity contribution in [1.29, 1.82) is 0 Å². The molecule has 7 atom stereocenters. The van der Waals surface area contributed by atoms with Crippen molar-refractivity contribution in [1.82, 2.24) is 0 Å². The Bertz CT molecular complexity index is 612. The number of hydrogen-bond donors (Lipinski definition) is 1. The highest BCUT2D eigenvalue weighted by Gasteiger charge is 2.62. The highest BCUT2D eigenvalue weighted by molar-refractivity contribution is 5.91. The van der Waals surface area contributed by atoms with Gasteiger partial charge in [0.1, 0.15) is 5.60 Å². The molecule has 1 N–H and O–H groups in total. The van der Waals surface area contributed by atoms with Crippen LogP contribution in [0.3, 0.4) is 0 Å². The molecule has 1 unspecified atom stereocenters. The predicted molar refractivity (Wildman–Crippen MR) is 90.4 cm³/mol. The molecule has 0 aromatic carbocycles. The summed E-state index contributed by atoms with van der Waals surface area (Å²) in [4.78, 5) is 11.8. The Balaban J connectivity index is 1.70. The summed E-state index contributed by atoms with van der Waals surface area (Å²) in [6, 6.07) is 0. The fraction of sp³-hybridized carbons (Fsp3) is 0.762. The SMILES string of the molecule is C#C[C@@]1(O)CC[C@H]2[C@@H]3[C@H](C)CC4=CC(=O)CCC4[C@H]3CC[C@@]21C. The van der Waals surface area contributed by atoms with Crippen LogP contribution in [0.4, 0.5) is 0 Å². The average molecular weight is 312 g/mol. The van der Waals surface area contributed by atoms with Gasteiger partial charge < -0.3 is 5.11 Å². The maximum absolute atomic E-state index is 11.8. The average Bonchev–Trinajstić information content (AvgIpc) is 2.79. The summed E-state index contributed by atoms with van der Waals surface area (Å²) in [5.41, 5.74) is 0.382. The fourth-order valence-corrected chi connectivity index (χ4v) is 6.84. The molecule has 2 nitrogen and oxygen atoms in total. The molecule has 2 heteroatoms. The molecule has 0 aromatic heterocycles. The van der Waals surface area contributed by atoms with E-state index in [1.807, 2.05) is 6.08 Å². The topological polar surface area (TPSA) is 37.3 Å². The zero-order valence-electron chi connectivity index (χ0n) is 14.3. The molecule has 0 saturated heterocycles. The molecule has 3 saturated carbocycles.